The van der Waals surface area contributed by atoms with Gasteiger partial charge in [-0.05, 0) is 50.2 Å². The molecule has 2 aromatic rings. The van der Waals surface area contributed by atoms with Crippen LogP contribution >= 0.6 is 0 Å². The molecule has 5 nitrogen and oxygen atoms in total. The third kappa shape index (κ3) is 4.10. The molecule has 0 spiro atoms. The topological polar surface area (TPSA) is 55.6 Å². The lowest BCUT2D eigenvalue weighted by atomic mass is 10.2. The van der Waals surface area contributed by atoms with E-state index in [1.165, 1.54) is 16.8 Å². The molecule has 0 heterocycles. The monoisotopic (exact) mass is 312 g/mol. The fourth-order valence-electron chi connectivity index (χ4n) is 2.30. The number of hydrogen-bond acceptors (Lipinski definition) is 3. The normalized spacial score (nSPS) is 10.2. The molecule has 23 heavy (non-hydrogen) atoms. The third-order valence-electron chi connectivity index (χ3n) is 3.66. The minimum absolute atomic E-state index is 0.125. The van der Waals surface area contributed by atoms with E-state index in [-0.39, 0.29) is 11.7 Å². The van der Waals surface area contributed by atoms with Crippen LogP contribution in [0.2, 0.25) is 0 Å². The molecule has 120 valence electrons. The summed E-state index contributed by atoms with van der Waals surface area (Å²) in [5.74, 6) is -0.159. The van der Waals surface area contributed by atoms with Gasteiger partial charge in [0.2, 0.25) is 5.69 Å². The smallest absolute Gasteiger partial charge is 0.305 e. The Labute approximate surface area is 136 Å². The number of carbonyl (C=O) groups excluding carboxylic acids is 1. The van der Waals surface area contributed by atoms with Gasteiger partial charge in [0.15, 0.2) is 6.72 Å². The Balaban J connectivity index is 2.05. The number of hydrazone groups is 1. The van der Waals surface area contributed by atoms with Crippen molar-refractivity contribution in [1.29, 1.82) is 0 Å². The molecule has 0 aliphatic heterocycles. The highest BCUT2D eigenvalue weighted by Gasteiger charge is 2.14. The zero-order chi connectivity index (χ0) is 16.8. The molecule has 0 fully saturated rings. The molecule has 2 aromatic carbocycles. The lowest BCUT2D eigenvalue weighted by Crippen LogP contribution is -2.30. The van der Waals surface area contributed by atoms with Gasteiger partial charge in [0.05, 0.1) is 0 Å². The van der Waals surface area contributed by atoms with Crippen LogP contribution in [0, 0.1) is 0 Å². The maximum atomic E-state index is 12.1. The molecular weight excluding hydrogens is 290 g/mol. The van der Waals surface area contributed by atoms with E-state index >= 15 is 0 Å². The molecule has 0 unspecified atom stereocenters. The van der Waals surface area contributed by atoms with Crippen LogP contribution in [0.4, 0.5) is 11.4 Å². The summed E-state index contributed by atoms with van der Waals surface area (Å²) in [5.41, 5.74) is 5.07. The zero-order valence-corrected chi connectivity index (χ0v) is 13.5. The number of phenols is 1. The fourth-order valence-corrected chi connectivity index (χ4v) is 2.30. The molecular formula is C18H22N3O2+. The molecule has 0 saturated carbocycles. The maximum absolute atomic E-state index is 12.1. The molecule has 0 saturated heterocycles. The highest BCUT2D eigenvalue weighted by atomic mass is 16.3. The number of hydrogen-bond donors (Lipinski definition) is 2. The van der Waals surface area contributed by atoms with E-state index in [4.69, 9.17) is 0 Å². The summed E-state index contributed by atoms with van der Waals surface area (Å²) in [6.07, 6.45) is 0. The Bertz CT molecular complexity index is 674. The highest BCUT2D eigenvalue weighted by molar-refractivity contribution is 5.93. The van der Waals surface area contributed by atoms with Gasteiger partial charge in [0, 0.05) is 36.5 Å². The first-order valence-corrected chi connectivity index (χ1v) is 7.60. The lowest BCUT2D eigenvalue weighted by Gasteiger charge is -2.20. The van der Waals surface area contributed by atoms with Crippen LogP contribution < -0.4 is 10.3 Å². The SMILES string of the molecule is C=[N+](NC(=O)c1ccc(O)cc1)c1ccc(N(CC)CC)cc1. The number of rotatable bonds is 6. The first-order chi connectivity index (χ1) is 11.0. The van der Waals surface area contributed by atoms with Crippen LogP contribution in [0.3, 0.4) is 0 Å². The number of nitrogens with zero attached hydrogens (tertiary/aromatic N) is 2. The number of nitrogens with one attached hydrogen (secondary N) is 1. The van der Waals surface area contributed by atoms with Gasteiger partial charge in [-0.3, -0.25) is 4.79 Å². The quantitative estimate of drug-likeness (QED) is 0.490. The largest absolute Gasteiger partial charge is 0.508 e. The number of anilines is 1. The van der Waals surface area contributed by atoms with Crippen molar-refractivity contribution >= 4 is 24.0 Å². The summed E-state index contributed by atoms with van der Waals surface area (Å²) >= 11 is 0. The van der Waals surface area contributed by atoms with Gasteiger partial charge in [-0.2, -0.15) is 0 Å². The first-order valence-electron chi connectivity index (χ1n) is 7.60. The second-order valence-corrected chi connectivity index (χ2v) is 5.10. The lowest BCUT2D eigenvalue weighted by molar-refractivity contribution is -0.481. The first kappa shape index (κ1) is 16.5. The van der Waals surface area contributed by atoms with Crippen molar-refractivity contribution in [2.75, 3.05) is 18.0 Å². The van der Waals surface area contributed by atoms with Gasteiger partial charge < -0.3 is 10.0 Å². The Morgan fingerprint density at radius 2 is 1.65 bits per heavy atom. The zero-order valence-electron chi connectivity index (χ0n) is 13.5. The number of aromatic hydroxyl groups is 1. The predicted octanol–water partition coefficient (Wildman–Crippen LogP) is 2.93. The molecule has 0 radical (unpaired) electrons. The van der Waals surface area contributed by atoms with E-state index in [0.29, 0.717) is 5.56 Å². The van der Waals surface area contributed by atoms with E-state index in [1.807, 2.05) is 24.3 Å². The highest BCUT2D eigenvalue weighted by Crippen LogP contribution is 2.18. The van der Waals surface area contributed by atoms with Gasteiger partial charge in [0.1, 0.15) is 5.75 Å². The Hall–Kier alpha value is -2.82. The summed E-state index contributed by atoms with van der Waals surface area (Å²) < 4.78 is 1.43. The van der Waals surface area contributed by atoms with Crippen molar-refractivity contribution < 1.29 is 14.6 Å². The van der Waals surface area contributed by atoms with Crippen LogP contribution in [-0.4, -0.2) is 35.5 Å². The van der Waals surface area contributed by atoms with Gasteiger partial charge in [-0.25, -0.2) is 0 Å². The Morgan fingerprint density at radius 1 is 1.09 bits per heavy atom. The Morgan fingerprint density at radius 3 is 2.17 bits per heavy atom. The number of carbonyl (C=O) groups is 1. The minimum Gasteiger partial charge on any atom is -0.508 e. The van der Waals surface area contributed by atoms with Crippen LogP contribution in [0.25, 0.3) is 0 Å². The standard InChI is InChI=1S/C18H21N3O2/c1-4-21(5-2)16-10-8-15(9-11-16)20(3)19-18(23)14-6-12-17(22)13-7-14/h6-13H,3-5H2,1-2H3,(H-,19,22,23)/p+1. The summed E-state index contributed by atoms with van der Waals surface area (Å²) in [4.78, 5) is 14.4. The average molecular weight is 312 g/mol. The van der Waals surface area contributed by atoms with Gasteiger partial charge in [-0.1, -0.05) is 4.68 Å². The van der Waals surface area contributed by atoms with E-state index in [0.717, 1.165) is 24.5 Å². The molecule has 1 amide bonds. The van der Waals surface area contributed by atoms with Crippen molar-refractivity contribution in [3.63, 3.8) is 0 Å². The second kappa shape index (κ2) is 7.45. The van der Waals surface area contributed by atoms with E-state index < -0.39 is 0 Å². The van der Waals surface area contributed by atoms with Crippen molar-refractivity contribution in [2.24, 2.45) is 0 Å². The van der Waals surface area contributed by atoms with Gasteiger partial charge in [0.25, 0.3) is 0 Å². The summed E-state index contributed by atoms with van der Waals surface area (Å²) in [6.45, 7) is 9.96. The molecule has 0 aliphatic rings. The van der Waals surface area contributed by atoms with Gasteiger partial charge >= 0.3 is 5.91 Å². The van der Waals surface area contributed by atoms with Crippen LogP contribution in [0.15, 0.2) is 48.5 Å². The van der Waals surface area contributed by atoms with E-state index in [2.05, 4.69) is 30.9 Å². The molecule has 0 atom stereocenters. The van der Waals surface area contributed by atoms with Crippen molar-refractivity contribution in [3.8, 4) is 5.75 Å². The third-order valence-corrected chi connectivity index (χ3v) is 3.66. The average Bonchev–Trinajstić information content (AvgIpc) is 2.57. The minimum atomic E-state index is -0.284. The Kier molecular flexibility index (Phi) is 5.36. The summed E-state index contributed by atoms with van der Waals surface area (Å²) in [6, 6.07) is 13.9. The van der Waals surface area contributed by atoms with E-state index in [9.17, 15) is 9.90 Å². The summed E-state index contributed by atoms with van der Waals surface area (Å²) in [7, 11) is 0. The number of phenolic OH excluding ortho intramolecular Hbond substituents is 1. The van der Waals surface area contributed by atoms with Crippen LogP contribution in [-0.2, 0) is 0 Å². The van der Waals surface area contributed by atoms with Crippen molar-refractivity contribution in [2.45, 2.75) is 13.8 Å². The van der Waals surface area contributed by atoms with Crippen molar-refractivity contribution in [3.05, 3.63) is 54.1 Å². The van der Waals surface area contributed by atoms with Crippen LogP contribution in [0.5, 0.6) is 5.75 Å². The number of benzene rings is 2. The molecule has 0 aliphatic carbocycles. The molecule has 0 bridgehead atoms. The number of amides is 1. The van der Waals surface area contributed by atoms with Crippen molar-refractivity contribution in [1.82, 2.24) is 5.43 Å². The second-order valence-electron chi connectivity index (χ2n) is 5.10. The fraction of sp³-hybridized carbons (Fsp3) is 0.222. The van der Waals surface area contributed by atoms with E-state index in [1.54, 1.807) is 12.1 Å². The van der Waals surface area contributed by atoms with Gasteiger partial charge in [-0.15, -0.1) is 5.43 Å². The summed E-state index contributed by atoms with van der Waals surface area (Å²) in [5, 5.41) is 9.25. The predicted molar refractivity (Wildman–Crippen MR) is 92.6 cm³/mol. The van der Waals surface area contributed by atoms with Crippen LogP contribution in [0.1, 0.15) is 24.2 Å². The number of hydrazine groups is 1. The maximum Gasteiger partial charge on any atom is 0.305 e. The molecule has 5 heteroatoms. The molecule has 2 rings (SSSR count). The molecule has 2 N–H and O–H groups in total. The molecule has 0 aromatic heterocycles.